The average Bonchev–Trinajstić information content (AvgIpc) is 2.54. The number of fused-ring (bicyclic) bond motifs is 1. The molecule has 3 rings (SSSR count). The fourth-order valence-electron chi connectivity index (χ4n) is 2.86. The molecule has 2 aromatic carbocycles. The maximum absolute atomic E-state index is 13.8. The van der Waals surface area contributed by atoms with E-state index < -0.39 is 0 Å². The van der Waals surface area contributed by atoms with Gasteiger partial charge in [-0.15, -0.1) is 0 Å². The smallest absolute Gasteiger partial charge is 0.147 e. The molecule has 0 radical (unpaired) electrons. The van der Waals surface area contributed by atoms with Crippen molar-refractivity contribution in [2.24, 2.45) is 5.10 Å². The van der Waals surface area contributed by atoms with Crippen LogP contribution in [-0.2, 0) is 0 Å². The normalized spacial score (nSPS) is 11.8. The Bertz CT molecular complexity index is 945. The van der Waals surface area contributed by atoms with Gasteiger partial charge in [0.1, 0.15) is 11.6 Å². The minimum absolute atomic E-state index is 0.283. The molecule has 0 unspecified atom stereocenters. The zero-order chi connectivity index (χ0) is 17.3. The van der Waals surface area contributed by atoms with Crippen LogP contribution >= 0.6 is 0 Å². The van der Waals surface area contributed by atoms with E-state index >= 15 is 0 Å². The van der Waals surface area contributed by atoms with Crippen molar-refractivity contribution < 1.29 is 4.39 Å². The van der Waals surface area contributed by atoms with Crippen molar-refractivity contribution in [3.05, 3.63) is 70.5 Å². The Morgan fingerprint density at radius 1 is 1.04 bits per heavy atom. The van der Waals surface area contributed by atoms with E-state index in [1.807, 2.05) is 6.07 Å². The third-order valence-corrected chi connectivity index (χ3v) is 4.06. The molecule has 0 saturated heterocycles. The molecule has 0 fully saturated rings. The molecule has 3 nitrogen and oxygen atoms in total. The minimum Gasteiger partial charge on any atom is -0.261 e. The molecule has 3 aromatic rings. The Labute approximate surface area is 141 Å². The molecule has 1 aromatic heterocycles. The van der Waals surface area contributed by atoms with Gasteiger partial charge >= 0.3 is 0 Å². The first-order valence-corrected chi connectivity index (χ1v) is 7.89. The molecule has 0 amide bonds. The highest BCUT2D eigenvalue weighted by atomic mass is 19.1. The van der Waals surface area contributed by atoms with Gasteiger partial charge in [0.15, 0.2) is 0 Å². The molecule has 0 atom stereocenters. The van der Waals surface area contributed by atoms with Crippen LogP contribution in [0.5, 0.6) is 0 Å². The molecule has 4 heteroatoms. The molecular formula is C20H20FN3. The van der Waals surface area contributed by atoms with Gasteiger partial charge in [-0.2, -0.15) is 5.10 Å². The van der Waals surface area contributed by atoms with Crippen molar-refractivity contribution >= 4 is 22.4 Å². The summed E-state index contributed by atoms with van der Waals surface area (Å²) in [5, 5.41) is 5.43. The lowest BCUT2D eigenvalue weighted by Gasteiger charge is -2.10. The molecule has 0 bridgehead atoms. The van der Waals surface area contributed by atoms with Crippen LogP contribution in [-0.4, -0.2) is 10.7 Å². The number of hydrogen-bond acceptors (Lipinski definition) is 3. The summed E-state index contributed by atoms with van der Waals surface area (Å²) in [5.74, 6) is 0.372. The number of nitrogens with one attached hydrogen (secondary N) is 1. The summed E-state index contributed by atoms with van der Waals surface area (Å²) in [4.78, 5) is 4.65. The number of hydrazone groups is 1. The highest BCUT2D eigenvalue weighted by Crippen LogP contribution is 2.24. The van der Waals surface area contributed by atoms with E-state index in [2.05, 4.69) is 48.4 Å². The Hall–Kier alpha value is -2.75. The molecule has 0 aliphatic carbocycles. The number of halogens is 1. The lowest BCUT2D eigenvalue weighted by molar-refractivity contribution is 0.625. The van der Waals surface area contributed by atoms with Gasteiger partial charge in [0, 0.05) is 10.9 Å². The van der Waals surface area contributed by atoms with Gasteiger partial charge in [0.05, 0.1) is 11.2 Å². The summed E-state index contributed by atoms with van der Waals surface area (Å²) < 4.78 is 13.8. The predicted octanol–water partition coefficient (Wildman–Crippen LogP) is 5.14. The molecule has 122 valence electrons. The number of hydrogen-bond donors (Lipinski definition) is 1. The van der Waals surface area contributed by atoms with Crippen molar-refractivity contribution in [3.63, 3.8) is 0 Å². The number of benzene rings is 2. The summed E-state index contributed by atoms with van der Waals surface area (Å²) in [5.41, 5.74) is 8.46. The first kappa shape index (κ1) is 16.1. The lowest BCUT2D eigenvalue weighted by Crippen LogP contribution is -2.03. The van der Waals surface area contributed by atoms with E-state index in [1.54, 1.807) is 25.1 Å². The van der Waals surface area contributed by atoms with Gasteiger partial charge in [-0.3, -0.25) is 5.43 Å². The van der Waals surface area contributed by atoms with E-state index in [-0.39, 0.29) is 5.82 Å². The van der Waals surface area contributed by atoms with Crippen LogP contribution in [0.3, 0.4) is 0 Å². The fraction of sp³-hybridized carbons (Fsp3) is 0.200. The van der Waals surface area contributed by atoms with Crippen LogP contribution in [0.1, 0.15) is 29.2 Å². The summed E-state index contributed by atoms with van der Waals surface area (Å²) in [6, 6.07) is 12.8. The SMILES string of the molecule is CC(=NNc1cc(C)c2cc(C)cc(C)c2n1)c1ccccc1F. The van der Waals surface area contributed by atoms with Crippen LogP contribution in [0, 0.1) is 26.6 Å². The van der Waals surface area contributed by atoms with E-state index in [0.29, 0.717) is 17.1 Å². The quantitative estimate of drug-likeness (QED) is 0.536. The zero-order valence-electron chi connectivity index (χ0n) is 14.3. The third-order valence-electron chi connectivity index (χ3n) is 4.06. The van der Waals surface area contributed by atoms with Crippen LogP contribution in [0.15, 0.2) is 47.6 Å². The van der Waals surface area contributed by atoms with E-state index in [1.165, 1.54) is 11.6 Å². The Morgan fingerprint density at radius 3 is 2.54 bits per heavy atom. The van der Waals surface area contributed by atoms with E-state index in [9.17, 15) is 4.39 Å². The van der Waals surface area contributed by atoms with Crippen LogP contribution in [0.4, 0.5) is 10.2 Å². The zero-order valence-corrected chi connectivity index (χ0v) is 14.3. The van der Waals surface area contributed by atoms with Gasteiger partial charge in [-0.25, -0.2) is 9.37 Å². The summed E-state index contributed by atoms with van der Waals surface area (Å²) >= 11 is 0. The second-order valence-corrected chi connectivity index (χ2v) is 6.09. The van der Waals surface area contributed by atoms with Gasteiger partial charge in [-0.1, -0.05) is 29.8 Å². The number of nitrogens with zero attached hydrogens (tertiary/aromatic N) is 2. The summed E-state index contributed by atoms with van der Waals surface area (Å²) in [6.45, 7) is 7.97. The van der Waals surface area contributed by atoms with Crippen LogP contribution < -0.4 is 5.43 Å². The first-order chi connectivity index (χ1) is 11.5. The maximum Gasteiger partial charge on any atom is 0.147 e. The second kappa shape index (κ2) is 6.40. The molecule has 0 spiro atoms. The minimum atomic E-state index is -0.283. The number of aryl methyl sites for hydroxylation is 3. The molecular weight excluding hydrogens is 301 g/mol. The number of anilines is 1. The Morgan fingerprint density at radius 2 is 1.79 bits per heavy atom. The number of pyridine rings is 1. The summed E-state index contributed by atoms with van der Waals surface area (Å²) in [7, 11) is 0. The van der Waals surface area contributed by atoms with Crippen molar-refractivity contribution in [2.75, 3.05) is 5.43 Å². The van der Waals surface area contributed by atoms with Gasteiger partial charge < -0.3 is 0 Å². The Kier molecular flexibility index (Phi) is 4.30. The fourth-order valence-corrected chi connectivity index (χ4v) is 2.86. The van der Waals surface area contributed by atoms with Crippen molar-refractivity contribution in [1.82, 2.24) is 4.98 Å². The number of rotatable bonds is 3. The third kappa shape index (κ3) is 3.13. The van der Waals surface area contributed by atoms with Crippen molar-refractivity contribution in [2.45, 2.75) is 27.7 Å². The van der Waals surface area contributed by atoms with E-state index in [4.69, 9.17) is 0 Å². The molecule has 1 N–H and O–H groups in total. The molecule has 0 saturated carbocycles. The second-order valence-electron chi connectivity index (χ2n) is 6.09. The van der Waals surface area contributed by atoms with E-state index in [0.717, 1.165) is 22.0 Å². The van der Waals surface area contributed by atoms with Crippen LogP contribution in [0.2, 0.25) is 0 Å². The summed E-state index contributed by atoms with van der Waals surface area (Å²) in [6.07, 6.45) is 0. The monoisotopic (exact) mass is 321 g/mol. The van der Waals surface area contributed by atoms with Gasteiger partial charge in [0.25, 0.3) is 0 Å². The average molecular weight is 321 g/mol. The Balaban J connectivity index is 1.96. The van der Waals surface area contributed by atoms with Gasteiger partial charge in [0.2, 0.25) is 0 Å². The highest BCUT2D eigenvalue weighted by molar-refractivity contribution is 5.99. The highest BCUT2D eigenvalue weighted by Gasteiger charge is 2.07. The lowest BCUT2D eigenvalue weighted by atomic mass is 10.0. The first-order valence-electron chi connectivity index (χ1n) is 7.89. The number of aromatic nitrogens is 1. The predicted molar refractivity (Wildman–Crippen MR) is 98.2 cm³/mol. The van der Waals surface area contributed by atoms with Crippen molar-refractivity contribution in [1.29, 1.82) is 0 Å². The molecule has 24 heavy (non-hydrogen) atoms. The standard InChI is InChI=1S/C20H20FN3/c1-12-9-14(3)20-17(10-12)13(2)11-19(22-20)24-23-15(4)16-7-5-6-8-18(16)21/h5-11H,1-4H3,(H,22,24). The molecule has 1 heterocycles. The largest absolute Gasteiger partial charge is 0.261 e. The topological polar surface area (TPSA) is 37.3 Å². The van der Waals surface area contributed by atoms with Gasteiger partial charge in [-0.05, 0) is 57.0 Å². The van der Waals surface area contributed by atoms with Crippen molar-refractivity contribution in [3.8, 4) is 0 Å². The van der Waals surface area contributed by atoms with Crippen LogP contribution in [0.25, 0.3) is 10.9 Å². The maximum atomic E-state index is 13.8. The molecule has 0 aliphatic heterocycles. The molecule has 0 aliphatic rings.